The maximum absolute atomic E-state index is 13.7. The molecular formula is C23H42N4O4. The second-order valence-electron chi connectivity index (χ2n) is 11.1. The zero-order valence-corrected chi connectivity index (χ0v) is 20.0. The van der Waals surface area contributed by atoms with Gasteiger partial charge in [0.1, 0.15) is 12.2 Å². The van der Waals surface area contributed by atoms with E-state index in [4.69, 9.17) is 9.94 Å². The van der Waals surface area contributed by atoms with Crippen molar-refractivity contribution in [1.29, 1.82) is 0 Å². The number of amides is 2. The third-order valence-corrected chi connectivity index (χ3v) is 6.55. The molecule has 3 heterocycles. The third-order valence-electron chi connectivity index (χ3n) is 6.55. The number of nitrogens with zero attached hydrogens (tertiary/aromatic N) is 3. The molecule has 3 fully saturated rings. The Bertz CT molecular complexity index is 636. The van der Waals surface area contributed by atoms with Gasteiger partial charge in [-0.3, -0.25) is 14.4 Å². The van der Waals surface area contributed by atoms with Gasteiger partial charge in [-0.25, -0.2) is 0 Å². The number of hydrogen-bond acceptors (Lipinski definition) is 6. The number of unbranched alkanes of at least 4 members (excludes halogenated alkanes) is 1. The Morgan fingerprint density at radius 1 is 1.16 bits per heavy atom. The molecule has 178 valence electrons. The summed E-state index contributed by atoms with van der Waals surface area (Å²) in [5.74, 6) is 0.353. The maximum Gasteiger partial charge on any atom is 0.255 e. The lowest BCUT2D eigenvalue weighted by Gasteiger charge is -2.52. The SMILES string of the molecule is CC(C)CC1ONC2CN([C@H]3CCN(CCCCO)C3)C(=O)C(CC(C)(C)C)N2C1=O. The zero-order chi connectivity index (χ0) is 22.8. The first kappa shape index (κ1) is 24.4. The Morgan fingerprint density at radius 2 is 1.90 bits per heavy atom. The molecule has 8 nitrogen and oxygen atoms in total. The van der Waals surface area contributed by atoms with Gasteiger partial charge in [0.2, 0.25) is 5.91 Å². The minimum atomic E-state index is -0.536. The molecule has 3 rings (SSSR count). The van der Waals surface area contributed by atoms with E-state index in [0.29, 0.717) is 25.3 Å². The summed E-state index contributed by atoms with van der Waals surface area (Å²) < 4.78 is 0. The Morgan fingerprint density at radius 3 is 2.55 bits per heavy atom. The van der Waals surface area contributed by atoms with E-state index >= 15 is 0 Å². The predicted molar refractivity (Wildman–Crippen MR) is 119 cm³/mol. The third kappa shape index (κ3) is 5.97. The number of likely N-dealkylation sites (tertiary alicyclic amines) is 1. The van der Waals surface area contributed by atoms with Crippen LogP contribution >= 0.6 is 0 Å². The van der Waals surface area contributed by atoms with Gasteiger partial charge in [-0.1, -0.05) is 34.6 Å². The molecule has 0 saturated carbocycles. The number of piperazine rings is 1. The highest BCUT2D eigenvalue weighted by molar-refractivity contribution is 5.91. The van der Waals surface area contributed by atoms with Gasteiger partial charge in [0.25, 0.3) is 5.91 Å². The van der Waals surface area contributed by atoms with E-state index in [1.165, 1.54) is 0 Å². The lowest BCUT2D eigenvalue weighted by Crippen LogP contribution is -2.73. The molecule has 3 saturated heterocycles. The Hall–Kier alpha value is -1.22. The number of carbonyl (C=O) groups is 2. The van der Waals surface area contributed by atoms with Gasteiger partial charge in [0, 0.05) is 25.7 Å². The molecule has 0 spiro atoms. The summed E-state index contributed by atoms with van der Waals surface area (Å²) in [7, 11) is 0. The minimum Gasteiger partial charge on any atom is -0.396 e. The van der Waals surface area contributed by atoms with Crippen LogP contribution in [-0.2, 0) is 14.4 Å². The second-order valence-corrected chi connectivity index (χ2v) is 11.1. The van der Waals surface area contributed by atoms with Gasteiger partial charge < -0.3 is 19.8 Å². The Balaban J connectivity index is 1.75. The van der Waals surface area contributed by atoms with E-state index in [1.807, 2.05) is 4.90 Å². The molecule has 0 aliphatic carbocycles. The predicted octanol–water partition coefficient (Wildman–Crippen LogP) is 1.58. The molecule has 3 aliphatic rings. The number of fused-ring (bicyclic) bond motifs is 1. The van der Waals surface area contributed by atoms with E-state index in [2.05, 4.69) is 45.0 Å². The highest BCUT2D eigenvalue weighted by atomic mass is 16.7. The van der Waals surface area contributed by atoms with E-state index < -0.39 is 12.1 Å². The fourth-order valence-corrected chi connectivity index (χ4v) is 5.06. The molecule has 2 amide bonds. The summed E-state index contributed by atoms with van der Waals surface area (Å²) in [5.41, 5.74) is 3.04. The van der Waals surface area contributed by atoms with Crippen LogP contribution < -0.4 is 5.48 Å². The number of carbonyl (C=O) groups excluding carboxylic acids is 2. The summed E-state index contributed by atoms with van der Waals surface area (Å²) in [5, 5.41) is 9.03. The van der Waals surface area contributed by atoms with Crippen molar-refractivity contribution in [2.24, 2.45) is 11.3 Å². The van der Waals surface area contributed by atoms with Gasteiger partial charge in [0.05, 0.1) is 6.54 Å². The van der Waals surface area contributed by atoms with Crippen molar-refractivity contribution in [3.8, 4) is 0 Å². The van der Waals surface area contributed by atoms with Crippen LogP contribution in [-0.4, -0.2) is 88.8 Å². The van der Waals surface area contributed by atoms with Gasteiger partial charge in [-0.2, -0.15) is 5.48 Å². The van der Waals surface area contributed by atoms with E-state index in [0.717, 1.165) is 38.9 Å². The molecule has 0 bridgehead atoms. The minimum absolute atomic E-state index is 0.0586. The number of rotatable bonds is 8. The molecule has 4 atom stereocenters. The molecule has 31 heavy (non-hydrogen) atoms. The molecule has 3 unspecified atom stereocenters. The summed E-state index contributed by atoms with van der Waals surface area (Å²) in [6.45, 7) is 14.0. The molecule has 0 aromatic heterocycles. The number of hydroxylamine groups is 1. The summed E-state index contributed by atoms with van der Waals surface area (Å²) in [6.07, 6.45) is 3.17. The summed E-state index contributed by atoms with van der Waals surface area (Å²) >= 11 is 0. The van der Waals surface area contributed by atoms with Gasteiger partial charge >= 0.3 is 0 Å². The molecule has 0 radical (unpaired) electrons. The average Bonchev–Trinajstić information content (AvgIpc) is 3.13. The smallest absolute Gasteiger partial charge is 0.255 e. The van der Waals surface area contributed by atoms with Crippen LogP contribution in [0.15, 0.2) is 0 Å². The number of aliphatic hydroxyl groups is 1. The van der Waals surface area contributed by atoms with Crippen molar-refractivity contribution in [2.45, 2.75) is 91.1 Å². The van der Waals surface area contributed by atoms with Crippen molar-refractivity contribution in [3.05, 3.63) is 0 Å². The van der Waals surface area contributed by atoms with Crippen molar-refractivity contribution < 1.29 is 19.5 Å². The first-order valence-electron chi connectivity index (χ1n) is 12.0. The largest absolute Gasteiger partial charge is 0.396 e. The van der Waals surface area contributed by atoms with Crippen LogP contribution in [0.4, 0.5) is 0 Å². The molecule has 0 aromatic rings. The number of nitrogens with one attached hydrogen (secondary N) is 1. The number of aliphatic hydroxyl groups excluding tert-OH is 1. The van der Waals surface area contributed by atoms with Gasteiger partial charge in [0.15, 0.2) is 6.10 Å². The fraction of sp³-hybridized carbons (Fsp3) is 0.913. The molecule has 0 aromatic carbocycles. The highest BCUT2D eigenvalue weighted by Crippen LogP contribution is 2.33. The summed E-state index contributed by atoms with van der Waals surface area (Å²) in [4.78, 5) is 39.0. The van der Waals surface area contributed by atoms with Crippen molar-refractivity contribution in [2.75, 3.05) is 32.8 Å². The van der Waals surface area contributed by atoms with Crippen LogP contribution in [0.2, 0.25) is 0 Å². The zero-order valence-electron chi connectivity index (χ0n) is 20.0. The lowest BCUT2D eigenvalue weighted by atomic mass is 9.85. The second kappa shape index (κ2) is 10.1. The van der Waals surface area contributed by atoms with E-state index in [9.17, 15) is 9.59 Å². The van der Waals surface area contributed by atoms with E-state index in [1.54, 1.807) is 4.90 Å². The van der Waals surface area contributed by atoms with Gasteiger partial charge in [-0.05, 0) is 50.0 Å². The molecular weight excluding hydrogens is 396 g/mol. The Kier molecular flexibility index (Phi) is 8.00. The lowest BCUT2D eigenvalue weighted by molar-refractivity contribution is -0.201. The van der Waals surface area contributed by atoms with E-state index in [-0.39, 0.29) is 36.0 Å². The van der Waals surface area contributed by atoms with Gasteiger partial charge in [-0.15, -0.1) is 0 Å². The molecule has 8 heteroatoms. The maximum atomic E-state index is 13.7. The monoisotopic (exact) mass is 438 g/mol. The highest BCUT2D eigenvalue weighted by Gasteiger charge is 2.50. The molecule has 3 aliphatic heterocycles. The molecule has 2 N–H and O–H groups in total. The standard InChI is InChI=1S/C23H42N4O4/c1-16(2)12-19-22(30)27-18(13-23(3,4)5)21(29)26(15-20(27)24-31-19)17-8-10-25(14-17)9-6-7-11-28/h16-20,24,28H,6-15H2,1-5H3/t17-,18?,19?,20?/m0/s1. The van der Waals surface area contributed by atoms with Crippen LogP contribution in [0.5, 0.6) is 0 Å². The van der Waals surface area contributed by atoms with Crippen LogP contribution in [0.25, 0.3) is 0 Å². The first-order chi connectivity index (χ1) is 14.6. The fourth-order valence-electron chi connectivity index (χ4n) is 5.06. The first-order valence-corrected chi connectivity index (χ1v) is 12.0. The average molecular weight is 439 g/mol. The quantitative estimate of drug-likeness (QED) is 0.560. The van der Waals surface area contributed by atoms with Crippen LogP contribution in [0.3, 0.4) is 0 Å². The van der Waals surface area contributed by atoms with Crippen molar-refractivity contribution >= 4 is 11.8 Å². The van der Waals surface area contributed by atoms with Crippen LogP contribution in [0.1, 0.15) is 66.7 Å². The van der Waals surface area contributed by atoms with Crippen molar-refractivity contribution in [3.63, 3.8) is 0 Å². The van der Waals surface area contributed by atoms with Crippen molar-refractivity contribution in [1.82, 2.24) is 20.2 Å². The van der Waals surface area contributed by atoms with Crippen LogP contribution in [0, 0.1) is 11.3 Å². The topological polar surface area (TPSA) is 85.3 Å². The normalized spacial score (nSPS) is 30.4. The number of hydrogen-bond donors (Lipinski definition) is 2. The summed E-state index contributed by atoms with van der Waals surface area (Å²) in [6, 6.07) is -0.294. The Labute approximate surface area is 187 Å².